The summed E-state index contributed by atoms with van der Waals surface area (Å²) in [6, 6.07) is 9.38. The Hall–Kier alpha value is -1.03. The highest BCUT2D eigenvalue weighted by molar-refractivity contribution is 8.02. The highest BCUT2D eigenvalue weighted by Gasteiger charge is 2.08. The minimum Gasteiger partial charge on any atom is -0.461 e. The normalized spacial score (nSPS) is 10.2. The van der Waals surface area contributed by atoms with E-state index in [1.165, 1.54) is 0 Å². The molecular weight excluding hydrogens is 324 g/mol. The molecule has 0 radical (unpaired) electrons. The van der Waals surface area contributed by atoms with Crippen LogP contribution in [-0.2, 0) is 20.9 Å². The van der Waals surface area contributed by atoms with Crippen molar-refractivity contribution in [2.45, 2.75) is 19.4 Å². The number of amides is 1. The quantitative estimate of drug-likeness (QED) is 0.465. The van der Waals surface area contributed by atoms with Crippen LogP contribution in [0.2, 0.25) is 0 Å². The van der Waals surface area contributed by atoms with Crippen LogP contribution in [0, 0.1) is 0 Å². The van der Waals surface area contributed by atoms with Gasteiger partial charge in [-0.3, -0.25) is 9.88 Å². The Morgan fingerprint density at radius 3 is 2.50 bits per heavy atom. The molecule has 1 rings (SSSR count). The fourth-order valence-electron chi connectivity index (χ4n) is 1.29. The molecule has 0 bridgehead atoms. The lowest BCUT2D eigenvalue weighted by Gasteiger charge is -2.07. The van der Waals surface area contributed by atoms with Crippen molar-refractivity contribution in [2.24, 2.45) is 0 Å². The van der Waals surface area contributed by atoms with Crippen LogP contribution in [-0.4, -0.2) is 18.7 Å². The second-order valence-electron chi connectivity index (χ2n) is 3.73. The molecule has 1 aromatic rings. The molecule has 0 unspecified atom stereocenters. The number of halogens is 2. The Morgan fingerprint density at radius 2 is 1.85 bits per heavy atom. The molecule has 0 heterocycles. The van der Waals surface area contributed by atoms with Gasteiger partial charge in [-0.2, -0.15) is 0 Å². The smallest absolute Gasteiger partial charge is 0.412 e. The topological polar surface area (TPSA) is 64.6 Å². The summed E-state index contributed by atoms with van der Waals surface area (Å²) in [6.07, 6.45) is -0.140. The molecule has 8 heteroatoms. The molecule has 0 aliphatic rings. The van der Waals surface area contributed by atoms with Crippen LogP contribution in [0.3, 0.4) is 0 Å². The maximum atomic E-state index is 11.4. The second kappa shape index (κ2) is 9.81. The third kappa shape index (κ3) is 8.20. The van der Waals surface area contributed by atoms with Crippen LogP contribution in [0.5, 0.6) is 0 Å². The molecule has 0 aliphatic carbocycles. The van der Waals surface area contributed by atoms with Crippen LogP contribution >= 0.6 is 29.3 Å². The number of benzene rings is 1. The largest absolute Gasteiger partial charge is 0.461 e. The molecule has 5 nitrogen and oxygen atoms in total. The number of ether oxygens (including phenoxy) is 2. The summed E-state index contributed by atoms with van der Waals surface area (Å²) < 4.78 is 9.82. The van der Waals surface area contributed by atoms with Gasteiger partial charge < -0.3 is 9.47 Å². The Labute approximate surface area is 127 Å². The summed E-state index contributed by atoms with van der Waals surface area (Å²) >= 11 is 10.8. The van der Waals surface area contributed by atoms with E-state index in [2.05, 4.69) is 5.09 Å². The number of hydrogen-bond donors (Lipinski definition) is 1. The SMILES string of the molecule is O=C(CCCOC(=O)NP(Cl)Cl)OCc1ccccc1. The van der Waals surface area contributed by atoms with Crippen molar-refractivity contribution < 1.29 is 19.1 Å². The minimum atomic E-state index is -1.58. The standard InChI is InChI=1S/C12H14Cl2NO4P/c13-20(14)15-12(17)18-8-4-7-11(16)19-9-10-5-2-1-3-6-10/h1-3,5-6H,4,7-9H2,(H,15,17). The van der Waals surface area contributed by atoms with Crippen molar-refractivity contribution in [3.05, 3.63) is 35.9 Å². The first kappa shape index (κ1) is 17.0. The molecule has 110 valence electrons. The molecule has 0 aromatic heterocycles. The van der Waals surface area contributed by atoms with Gasteiger partial charge in [-0.15, -0.1) is 0 Å². The zero-order chi connectivity index (χ0) is 14.8. The van der Waals surface area contributed by atoms with E-state index in [9.17, 15) is 9.59 Å². The average Bonchev–Trinajstić information content (AvgIpc) is 2.42. The first-order valence-corrected chi connectivity index (χ1v) is 8.98. The van der Waals surface area contributed by atoms with Crippen molar-refractivity contribution in [3.63, 3.8) is 0 Å². The molecule has 0 fully saturated rings. The molecule has 0 spiro atoms. The van der Waals surface area contributed by atoms with Crippen LogP contribution in [0.4, 0.5) is 4.79 Å². The van der Waals surface area contributed by atoms with Crippen molar-refractivity contribution in [1.82, 2.24) is 5.09 Å². The molecule has 20 heavy (non-hydrogen) atoms. The second-order valence-corrected chi connectivity index (χ2v) is 6.97. The van der Waals surface area contributed by atoms with E-state index in [0.717, 1.165) is 5.56 Å². The van der Waals surface area contributed by atoms with Gasteiger partial charge in [0.1, 0.15) is 6.61 Å². The van der Waals surface area contributed by atoms with Gasteiger partial charge in [0.15, 0.2) is 6.78 Å². The zero-order valence-corrected chi connectivity index (χ0v) is 13.0. The first-order valence-electron chi connectivity index (χ1n) is 5.82. The Morgan fingerprint density at radius 1 is 1.15 bits per heavy atom. The van der Waals surface area contributed by atoms with Gasteiger partial charge in [-0.25, -0.2) is 4.79 Å². The Balaban J connectivity index is 2.07. The van der Waals surface area contributed by atoms with Crippen molar-refractivity contribution in [1.29, 1.82) is 0 Å². The third-order valence-electron chi connectivity index (χ3n) is 2.18. The number of esters is 1. The molecule has 1 amide bonds. The average molecular weight is 338 g/mol. The van der Waals surface area contributed by atoms with Gasteiger partial charge in [0, 0.05) is 6.42 Å². The van der Waals surface area contributed by atoms with E-state index in [0.29, 0.717) is 6.42 Å². The number of rotatable bonds is 7. The maximum absolute atomic E-state index is 11.4. The van der Waals surface area contributed by atoms with Crippen molar-refractivity contribution in [3.8, 4) is 0 Å². The van der Waals surface area contributed by atoms with Gasteiger partial charge in [0.2, 0.25) is 0 Å². The van der Waals surface area contributed by atoms with Crippen LogP contribution < -0.4 is 5.09 Å². The monoisotopic (exact) mass is 337 g/mol. The molecule has 1 aromatic carbocycles. The van der Waals surface area contributed by atoms with E-state index >= 15 is 0 Å². The van der Waals surface area contributed by atoms with Crippen LogP contribution in [0.1, 0.15) is 18.4 Å². The Kier molecular flexibility index (Phi) is 8.35. The van der Waals surface area contributed by atoms with Crippen molar-refractivity contribution in [2.75, 3.05) is 6.61 Å². The molecule has 0 atom stereocenters. The van der Waals surface area contributed by atoms with E-state index < -0.39 is 12.9 Å². The van der Waals surface area contributed by atoms with E-state index in [1.807, 2.05) is 30.3 Å². The summed E-state index contributed by atoms with van der Waals surface area (Å²) in [5.41, 5.74) is 0.925. The molecule has 0 saturated heterocycles. The molecular formula is C12H14Cl2NO4P. The number of nitrogens with one attached hydrogen (secondary N) is 1. The van der Waals surface area contributed by atoms with Gasteiger partial charge in [-0.1, -0.05) is 52.8 Å². The summed E-state index contributed by atoms with van der Waals surface area (Å²) in [5.74, 6) is -0.338. The first-order chi connectivity index (χ1) is 9.58. The van der Waals surface area contributed by atoms with Gasteiger partial charge in [-0.05, 0) is 12.0 Å². The highest BCUT2D eigenvalue weighted by Crippen LogP contribution is 2.41. The predicted molar refractivity (Wildman–Crippen MR) is 78.6 cm³/mol. The lowest BCUT2D eigenvalue weighted by Crippen LogP contribution is -2.17. The highest BCUT2D eigenvalue weighted by atomic mass is 35.9. The Bertz CT molecular complexity index is 431. The predicted octanol–water partition coefficient (Wildman–Crippen LogP) is 3.94. The molecule has 0 saturated carbocycles. The van der Waals surface area contributed by atoms with Crippen LogP contribution in [0.15, 0.2) is 30.3 Å². The van der Waals surface area contributed by atoms with Crippen LogP contribution in [0.25, 0.3) is 0 Å². The maximum Gasteiger partial charge on any atom is 0.412 e. The lowest BCUT2D eigenvalue weighted by molar-refractivity contribution is -0.145. The third-order valence-corrected chi connectivity index (χ3v) is 3.04. The van der Waals surface area contributed by atoms with E-state index in [4.69, 9.17) is 32.0 Å². The number of hydrogen-bond acceptors (Lipinski definition) is 4. The molecule has 1 N–H and O–H groups in total. The van der Waals surface area contributed by atoms with Crippen molar-refractivity contribution >= 4 is 41.3 Å². The summed E-state index contributed by atoms with van der Waals surface area (Å²) in [5, 5.41) is 2.20. The summed E-state index contributed by atoms with van der Waals surface area (Å²) in [4.78, 5) is 22.4. The van der Waals surface area contributed by atoms with E-state index in [-0.39, 0.29) is 25.6 Å². The summed E-state index contributed by atoms with van der Waals surface area (Å²) in [7, 11) is 0. The fourth-order valence-corrected chi connectivity index (χ4v) is 1.91. The number of carbonyl (C=O) groups excluding carboxylic acids is 2. The fraction of sp³-hybridized carbons (Fsp3) is 0.333. The summed E-state index contributed by atoms with van der Waals surface area (Å²) in [6.45, 7) is -1.24. The lowest BCUT2D eigenvalue weighted by atomic mass is 10.2. The van der Waals surface area contributed by atoms with E-state index in [1.54, 1.807) is 0 Å². The molecule has 0 aliphatic heterocycles. The van der Waals surface area contributed by atoms with Gasteiger partial charge in [0.25, 0.3) is 0 Å². The van der Waals surface area contributed by atoms with Gasteiger partial charge >= 0.3 is 12.1 Å². The minimum absolute atomic E-state index is 0.100. The zero-order valence-electron chi connectivity index (χ0n) is 10.6. The van der Waals surface area contributed by atoms with Gasteiger partial charge in [0.05, 0.1) is 6.61 Å². The number of carbonyl (C=O) groups is 2.